The van der Waals surface area contributed by atoms with Gasteiger partial charge in [-0.3, -0.25) is 9.69 Å². The van der Waals surface area contributed by atoms with Gasteiger partial charge < -0.3 is 25.4 Å². The number of halogens is 1. The number of hydrogen-bond acceptors (Lipinski definition) is 8. The molecule has 2 fully saturated rings. The Balaban J connectivity index is 1.31. The number of morpholine rings is 1. The van der Waals surface area contributed by atoms with E-state index in [1.807, 2.05) is 24.3 Å². The molecule has 2 aliphatic rings. The number of benzene rings is 2. The number of amides is 1. The van der Waals surface area contributed by atoms with Crippen LogP contribution >= 0.6 is 15.9 Å². The van der Waals surface area contributed by atoms with Crippen LogP contribution in [0.2, 0.25) is 0 Å². The third-order valence-corrected chi connectivity index (χ3v) is 7.64. The van der Waals surface area contributed by atoms with Crippen molar-refractivity contribution in [1.29, 1.82) is 0 Å². The number of carbonyl (C=O) groups is 1. The molecule has 0 aliphatic carbocycles. The highest BCUT2D eigenvalue weighted by molar-refractivity contribution is 9.10. The minimum atomic E-state index is -0.143. The molecule has 2 saturated heterocycles. The number of nitrogens with one attached hydrogen (secondary N) is 3. The molecular weight excluding hydrogens is 572 g/mol. The molecule has 40 heavy (non-hydrogen) atoms. The molecule has 5 rings (SSSR count). The second kappa shape index (κ2) is 14.5. The Morgan fingerprint density at radius 3 is 2.83 bits per heavy atom. The van der Waals surface area contributed by atoms with Crippen molar-refractivity contribution in [2.75, 3.05) is 69.7 Å². The SMILES string of the molecule is O=C(C=C1CCNCC1)Nc1cc2c(NCCc3cccc(Br)c3)ncnc2cc1OCCCN1CCOCC1. The first kappa shape index (κ1) is 28.5. The summed E-state index contributed by atoms with van der Waals surface area (Å²) in [5.74, 6) is 1.20. The summed E-state index contributed by atoms with van der Waals surface area (Å²) in [5, 5.41) is 10.7. The highest BCUT2D eigenvalue weighted by Gasteiger charge is 2.15. The van der Waals surface area contributed by atoms with Gasteiger partial charge in [0.15, 0.2) is 0 Å². The van der Waals surface area contributed by atoms with Crippen LogP contribution in [0.3, 0.4) is 0 Å². The number of anilines is 2. The third kappa shape index (κ3) is 8.23. The van der Waals surface area contributed by atoms with Gasteiger partial charge in [0.1, 0.15) is 17.9 Å². The van der Waals surface area contributed by atoms with Gasteiger partial charge in [0.25, 0.3) is 0 Å². The van der Waals surface area contributed by atoms with Gasteiger partial charge in [-0.2, -0.15) is 0 Å². The average molecular weight is 610 g/mol. The van der Waals surface area contributed by atoms with Crippen molar-refractivity contribution in [3.8, 4) is 5.75 Å². The molecule has 10 heteroatoms. The van der Waals surface area contributed by atoms with E-state index in [0.717, 1.165) is 98.4 Å². The molecule has 1 amide bonds. The van der Waals surface area contributed by atoms with E-state index in [1.54, 1.807) is 12.4 Å². The number of nitrogens with zero attached hydrogens (tertiary/aromatic N) is 3. The smallest absolute Gasteiger partial charge is 0.248 e. The maximum absolute atomic E-state index is 13.0. The lowest BCUT2D eigenvalue weighted by molar-refractivity contribution is -0.112. The zero-order valence-electron chi connectivity index (χ0n) is 22.8. The van der Waals surface area contributed by atoms with E-state index in [4.69, 9.17) is 9.47 Å². The van der Waals surface area contributed by atoms with Crippen LogP contribution in [0.5, 0.6) is 5.75 Å². The molecule has 3 aromatic rings. The summed E-state index contributed by atoms with van der Waals surface area (Å²) in [7, 11) is 0. The molecule has 212 valence electrons. The molecule has 1 aromatic heterocycles. The highest BCUT2D eigenvalue weighted by Crippen LogP contribution is 2.33. The predicted octanol–water partition coefficient (Wildman–Crippen LogP) is 4.40. The minimum absolute atomic E-state index is 0.143. The summed E-state index contributed by atoms with van der Waals surface area (Å²) in [6.45, 7) is 7.49. The molecule has 0 atom stereocenters. The summed E-state index contributed by atoms with van der Waals surface area (Å²) in [6.07, 6.45) is 6.79. The van der Waals surface area contributed by atoms with E-state index >= 15 is 0 Å². The summed E-state index contributed by atoms with van der Waals surface area (Å²) in [4.78, 5) is 24.4. The first-order chi connectivity index (χ1) is 19.6. The van der Waals surface area contributed by atoms with Gasteiger partial charge in [-0.25, -0.2) is 9.97 Å². The standard InChI is InChI=1S/C30H37BrN6O3/c31-24-4-1-3-22(17-24)7-10-33-30-25-19-27(36-29(38)18-23-5-8-32-9-6-23)28(20-26(25)34-21-35-30)40-14-2-11-37-12-15-39-16-13-37/h1,3-4,17-21,32H,2,5-16H2,(H,36,38)(H,33,34,35). The fraction of sp³-hybridized carbons (Fsp3) is 0.433. The first-order valence-electron chi connectivity index (χ1n) is 14.1. The zero-order valence-corrected chi connectivity index (χ0v) is 24.3. The Hall–Kier alpha value is -3.05. The Morgan fingerprint density at radius 1 is 1.15 bits per heavy atom. The van der Waals surface area contributed by atoms with Gasteiger partial charge >= 0.3 is 0 Å². The monoisotopic (exact) mass is 608 g/mol. The lowest BCUT2D eigenvalue weighted by atomic mass is 10.1. The van der Waals surface area contributed by atoms with Crippen molar-refractivity contribution in [3.05, 3.63) is 64.4 Å². The first-order valence-corrected chi connectivity index (χ1v) is 14.8. The molecular formula is C30H37BrN6O3. The molecule has 0 spiro atoms. The van der Waals surface area contributed by atoms with E-state index < -0.39 is 0 Å². The molecule has 9 nitrogen and oxygen atoms in total. The van der Waals surface area contributed by atoms with Crippen LogP contribution in [0.4, 0.5) is 11.5 Å². The molecule has 0 bridgehead atoms. The lowest BCUT2D eigenvalue weighted by Gasteiger charge is -2.26. The van der Waals surface area contributed by atoms with Crippen molar-refractivity contribution in [2.45, 2.75) is 25.7 Å². The van der Waals surface area contributed by atoms with E-state index in [-0.39, 0.29) is 5.91 Å². The topological polar surface area (TPSA) is 101 Å². The van der Waals surface area contributed by atoms with Crippen molar-refractivity contribution in [1.82, 2.24) is 20.2 Å². The molecule has 0 unspecified atom stereocenters. The van der Waals surface area contributed by atoms with Gasteiger partial charge in [-0.15, -0.1) is 0 Å². The summed E-state index contributed by atoms with van der Waals surface area (Å²) in [6, 6.07) is 12.1. The number of rotatable bonds is 11. The minimum Gasteiger partial charge on any atom is -0.491 e. The van der Waals surface area contributed by atoms with Gasteiger partial charge in [0.05, 0.1) is 31.0 Å². The summed E-state index contributed by atoms with van der Waals surface area (Å²) < 4.78 is 12.7. The van der Waals surface area contributed by atoms with Crippen LogP contribution in [0, 0.1) is 0 Å². The number of hydrogen-bond donors (Lipinski definition) is 3. The van der Waals surface area contributed by atoms with Gasteiger partial charge in [0, 0.05) is 48.2 Å². The van der Waals surface area contributed by atoms with Gasteiger partial charge in [0.2, 0.25) is 5.91 Å². The lowest BCUT2D eigenvalue weighted by Crippen LogP contribution is -2.37. The van der Waals surface area contributed by atoms with Crippen LogP contribution < -0.4 is 20.7 Å². The quantitative estimate of drug-likeness (QED) is 0.218. The molecule has 0 saturated carbocycles. The number of aromatic nitrogens is 2. The number of carbonyl (C=O) groups excluding carboxylic acids is 1. The van der Waals surface area contributed by atoms with Crippen molar-refractivity contribution in [3.63, 3.8) is 0 Å². The van der Waals surface area contributed by atoms with Crippen molar-refractivity contribution < 1.29 is 14.3 Å². The largest absolute Gasteiger partial charge is 0.491 e. The fourth-order valence-corrected chi connectivity index (χ4v) is 5.45. The Kier molecular flexibility index (Phi) is 10.4. The summed E-state index contributed by atoms with van der Waals surface area (Å²) >= 11 is 3.54. The maximum Gasteiger partial charge on any atom is 0.248 e. The maximum atomic E-state index is 13.0. The van der Waals surface area contributed by atoms with Crippen molar-refractivity contribution >= 4 is 44.2 Å². The normalized spacial score (nSPS) is 16.1. The Bertz CT molecular complexity index is 1320. The molecule has 3 heterocycles. The average Bonchev–Trinajstić information content (AvgIpc) is 2.97. The number of fused-ring (bicyclic) bond motifs is 1. The number of ether oxygens (including phenoxy) is 2. The molecule has 2 aromatic carbocycles. The Morgan fingerprint density at radius 2 is 2.00 bits per heavy atom. The highest BCUT2D eigenvalue weighted by atomic mass is 79.9. The predicted molar refractivity (Wildman–Crippen MR) is 162 cm³/mol. The van der Waals surface area contributed by atoms with Crippen LogP contribution in [0.1, 0.15) is 24.8 Å². The Labute approximate surface area is 243 Å². The van der Waals surface area contributed by atoms with Crippen molar-refractivity contribution in [2.24, 2.45) is 0 Å². The summed E-state index contributed by atoms with van der Waals surface area (Å²) in [5.41, 5.74) is 3.77. The molecule has 3 N–H and O–H groups in total. The van der Waals surface area contributed by atoms with Gasteiger partial charge in [-0.1, -0.05) is 33.6 Å². The van der Waals surface area contributed by atoms with Crippen LogP contribution in [-0.2, 0) is 16.0 Å². The van der Waals surface area contributed by atoms with E-state index in [2.05, 4.69) is 58.9 Å². The second-order valence-electron chi connectivity index (χ2n) is 10.1. The second-order valence-corrected chi connectivity index (χ2v) is 11.0. The van der Waals surface area contributed by atoms with Crippen LogP contribution in [0.15, 0.2) is 58.8 Å². The molecule has 2 aliphatic heterocycles. The van der Waals surface area contributed by atoms with Crippen LogP contribution in [0.25, 0.3) is 10.9 Å². The van der Waals surface area contributed by atoms with E-state index in [0.29, 0.717) is 24.6 Å². The third-order valence-electron chi connectivity index (χ3n) is 7.15. The van der Waals surface area contributed by atoms with E-state index in [1.165, 1.54) is 5.56 Å². The van der Waals surface area contributed by atoms with E-state index in [9.17, 15) is 4.79 Å². The fourth-order valence-electron chi connectivity index (χ4n) is 5.00. The van der Waals surface area contributed by atoms with Gasteiger partial charge in [-0.05, 0) is 62.5 Å². The van der Waals surface area contributed by atoms with Crippen LogP contribution in [-0.4, -0.2) is 79.9 Å². The molecule has 0 radical (unpaired) electrons. The zero-order chi connectivity index (χ0) is 27.6. The number of piperidine rings is 1.